The van der Waals surface area contributed by atoms with E-state index in [9.17, 15) is 4.39 Å². The summed E-state index contributed by atoms with van der Waals surface area (Å²) in [6.45, 7) is 4.84. The van der Waals surface area contributed by atoms with Gasteiger partial charge in [-0.2, -0.15) is 0 Å². The molecule has 6 heteroatoms. The Kier molecular flexibility index (Phi) is 7.02. The number of nitrogens with one attached hydrogen (secondary N) is 1. The molecule has 1 aliphatic rings. The summed E-state index contributed by atoms with van der Waals surface area (Å²) in [5, 5.41) is 3.72. The van der Waals surface area contributed by atoms with Crippen molar-refractivity contribution in [2.24, 2.45) is 5.92 Å². The average Bonchev–Trinajstić information content (AvgIpc) is 2.54. The van der Waals surface area contributed by atoms with Gasteiger partial charge >= 0.3 is 0 Å². The van der Waals surface area contributed by atoms with Crippen LogP contribution in [0.1, 0.15) is 25.3 Å². The Morgan fingerprint density at radius 1 is 1.52 bits per heavy atom. The van der Waals surface area contributed by atoms with Gasteiger partial charge in [-0.15, -0.1) is 0 Å². The van der Waals surface area contributed by atoms with Gasteiger partial charge in [-0.05, 0) is 56.0 Å². The van der Waals surface area contributed by atoms with E-state index in [4.69, 9.17) is 22.1 Å². The summed E-state index contributed by atoms with van der Waals surface area (Å²) in [4.78, 5) is 3.90. The fraction of sp³-hybridized carbons (Fsp3) is 0.471. The van der Waals surface area contributed by atoms with Crippen molar-refractivity contribution in [3.63, 3.8) is 0 Å². The highest BCUT2D eigenvalue weighted by atomic mass is 35.5. The Balaban J connectivity index is 1.86. The molecular weight excluding hydrogens is 317 g/mol. The fourth-order valence-corrected chi connectivity index (χ4v) is 2.76. The molecule has 1 aliphatic heterocycles. The topological polar surface area (TPSA) is 60.2 Å². The van der Waals surface area contributed by atoms with Crippen LogP contribution in [0.3, 0.4) is 0 Å². The van der Waals surface area contributed by atoms with Gasteiger partial charge in [-0.25, -0.2) is 9.37 Å². The van der Waals surface area contributed by atoms with Crippen molar-refractivity contribution >= 4 is 23.0 Å². The molecule has 4 nitrogen and oxygen atoms in total. The number of ether oxygens (including phenoxy) is 1. The highest BCUT2D eigenvalue weighted by molar-refractivity contribution is 6.32. The van der Waals surface area contributed by atoms with Crippen LogP contribution in [0.2, 0.25) is 5.02 Å². The van der Waals surface area contributed by atoms with Gasteiger partial charge in [0.25, 0.3) is 0 Å². The number of hydrogen-bond donors (Lipinski definition) is 2. The van der Waals surface area contributed by atoms with Gasteiger partial charge in [0.1, 0.15) is 11.6 Å². The lowest BCUT2D eigenvalue weighted by Gasteiger charge is -2.21. The highest BCUT2D eigenvalue weighted by Gasteiger charge is 2.12. The lowest BCUT2D eigenvalue weighted by molar-refractivity contribution is 0.0666. The molecular formula is C17H23ClFN3O. The zero-order valence-electron chi connectivity index (χ0n) is 13.3. The minimum atomic E-state index is -0.298. The number of anilines is 1. The van der Waals surface area contributed by atoms with Gasteiger partial charge in [0.05, 0.1) is 5.02 Å². The van der Waals surface area contributed by atoms with Crippen LogP contribution in [0.5, 0.6) is 0 Å². The van der Waals surface area contributed by atoms with Crippen LogP contribution in [0.25, 0.3) is 5.57 Å². The summed E-state index contributed by atoms with van der Waals surface area (Å²) in [6, 6.07) is 1.64. The molecule has 0 aliphatic carbocycles. The Morgan fingerprint density at radius 2 is 2.26 bits per heavy atom. The smallest absolute Gasteiger partial charge is 0.123 e. The summed E-state index contributed by atoms with van der Waals surface area (Å²) < 4.78 is 19.3. The molecule has 3 N–H and O–H groups in total. The first-order valence-corrected chi connectivity index (χ1v) is 8.18. The van der Waals surface area contributed by atoms with E-state index in [2.05, 4.69) is 10.3 Å². The predicted molar refractivity (Wildman–Crippen MR) is 92.9 cm³/mol. The molecule has 126 valence electrons. The van der Waals surface area contributed by atoms with Crippen molar-refractivity contribution in [3.8, 4) is 0 Å². The summed E-state index contributed by atoms with van der Waals surface area (Å²) >= 11 is 6.06. The highest BCUT2D eigenvalue weighted by Crippen LogP contribution is 2.25. The minimum Gasteiger partial charge on any atom is -0.384 e. The van der Waals surface area contributed by atoms with Crippen molar-refractivity contribution in [2.45, 2.75) is 19.8 Å². The van der Waals surface area contributed by atoms with E-state index in [0.29, 0.717) is 34.4 Å². The third kappa shape index (κ3) is 5.94. The zero-order valence-corrected chi connectivity index (χ0v) is 14.1. The van der Waals surface area contributed by atoms with Crippen molar-refractivity contribution < 1.29 is 9.13 Å². The van der Waals surface area contributed by atoms with Gasteiger partial charge in [-0.1, -0.05) is 11.6 Å². The first kappa shape index (κ1) is 17.9. The van der Waals surface area contributed by atoms with Crippen molar-refractivity contribution in [1.82, 2.24) is 10.3 Å². The molecule has 1 saturated heterocycles. The maximum Gasteiger partial charge on any atom is 0.123 e. The van der Waals surface area contributed by atoms with Gasteiger partial charge in [-0.3, -0.25) is 0 Å². The first-order chi connectivity index (χ1) is 11.1. The molecule has 0 bridgehead atoms. The molecule has 23 heavy (non-hydrogen) atoms. The zero-order chi connectivity index (χ0) is 16.7. The SMILES string of the molecule is C/C(=C\C(F)=C/CNCC1CCOCC1)c1cc(N)ncc1Cl. The Labute approximate surface area is 141 Å². The molecule has 0 amide bonds. The van der Waals surface area contributed by atoms with E-state index in [1.165, 1.54) is 18.3 Å². The molecule has 2 heterocycles. The van der Waals surface area contributed by atoms with E-state index >= 15 is 0 Å². The maximum atomic E-state index is 14.0. The third-order valence-corrected chi connectivity index (χ3v) is 4.17. The second-order valence-electron chi connectivity index (χ2n) is 5.72. The van der Waals surface area contributed by atoms with E-state index in [1.54, 1.807) is 13.0 Å². The number of nitrogens with zero attached hydrogens (tertiary/aromatic N) is 1. The van der Waals surface area contributed by atoms with Crippen LogP contribution >= 0.6 is 11.6 Å². The molecule has 0 radical (unpaired) electrons. The van der Waals surface area contributed by atoms with Crippen LogP contribution < -0.4 is 11.1 Å². The molecule has 1 fully saturated rings. The van der Waals surface area contributed by atoms with Gasteiger partial charge in [0.2, 0.25) is 0 Å². The first-order valence-electron chi connectivity index (χ1n) is 7.80. The summed E-state index contributed by atoms with van der Waals surface area (Å²) in [6.07, 6.45) is 6.60. The number of allylic oxidation sites excluding steroid dienone is 3. The van der Waals surface area contributed by atoms with E-state index < -0.39 is 0 Å². The minimum absolute atomic E-state index is 0.298. The van der Waals surface area contributed by atoms with E-state index in [-0.39, 0.29) is 5.83 Å². The number of nitrogens with two attached hydrogens (primary N) is 1. The number of nitrogen functional groups attached to an aromatic ring is 1. The number of hydrogen-bond acceptors (Lipinski definition) is 4. The normalized spacial score (nSPS) is 17.5. The quantitative estimate of drug-likeness (QED) is 0.614. The molecule has 2 rings (SSSR count). The molecule has 0 atom stereocenters. The molecule has 0 spiro atoms. The molecule has 1 aromatic rings. The van der Waals surface area contributed by atoms with Crippen LogP contribution in [-0.4, -0.2) is 31.3 Å². The van der Waals surface area contributed by atoms with Crippen LogP contribution in [0.15, 0.2) is 30.2 Å². The lowest BCUT2D eigenvalue weighted by atomic mass is 10.0. The number of aromatic nitrogens is 1. The number of rotatable bonds is 6. The average molecular weight is 340 g/mol. The molecule has 0 saturated carbocycles. The van der Waals surface area contributed by atoms with Gasteiger partial charge in [0.15, 0.2) is 0 Å². The second kappa shape index (κ2) is 9.01. The summed E-state index contributed by atoms with van der Waals surface area (Å²) in [5.41, 5.74) is 7.04. The van der Waals surface area contributed by atoms with E-state index in [0.717, 1.165) is 32.6 Å². The van der Waals surface area contributed by atoms with Crippen LogP contribution in [0, 0.1) is 5.92 Å². The largest absolute Gasteiger partial charge is 0.384 e. The number of halogens is 2. The maximum absolute atomic E-state index is 14.0. The third-order valence-electron chi connectivity index (χ3n) is 3.87. The Hall–Kier alpha value is -1.43. The number of pyridine rings is 1. The second-order valence-corrected chi connectivity index (χ2v) is 6.13. The monoisotopic (exact) mass is 339 g/mol. The van der Waals surface area contributed by atoms with E-state index in [1.807, 2.05) is 0 Å². The summed E-state index contributed by atoms with van der Waals surface area (Å²) in [7, 11) is 0. The van der Waals surface area contributed by atoms with Crippen LogP contribution in [-0.2, 0) is 4.74 Å². The van der Waals surface area contributed by atoms with Crippen molar-refractivity contribution in [2.75, 3.05) is 32.0 Å². The standard InChI is InChI=1S/C17H23ClFN3O/c1-12(15-9-17(20)22-11-16(15)18)8-14(19)2-5-21-10-13-3-6-23-7-4-13/h2,8-9,11,13,21H,3-7,10H2,1H3,(H2,20,22)/b12-8+,14-2+. The predicted octanol–water partition coefficient (Wildman–Crippen LogP) is 3.59. The van der Waals surface area contributed by atoms with Gasteiger partial charge in [0, 0.05) is 31.5 Å². The molecule has 0 aromatic carbocycles. The Morgan fingerprint density at radius 3 is 3.00 bits per heavy atom. The van der Waals surface area contributed by atoms with Crippen molar-refractivity contribution in [3.05, 3.63) is 40.8 Å². The molecule has 1 aromatic heterocycles. The lowest BCUT2D eigenvalue weighted by Crippen LogP contribution is -2.27. The van der Waals surface area contributed by atoms with Crippen molar-refractivity contribution in [1.29, 1.82) is 0 Å². The molecule has 0 unspecified atom stereocenters. The van der Waals surface area contributed by atoms with Gasteiger partial charge < -0.3 is 15.8 Å². The fourth-order valence-electron chi connectivity index (χ4n) is 2.51. The summed E-state index contributed by atoms with van der Waals surface area (Å²) in [5.74, 6) is 0.684. The Bertz CT molecular complexity index is 583. The van der Waals surface area contributed by atoms with Crippen LogP contribution in [0.4, 0.5) is 10.2 Å².